The van der Waals surface area contributed by atoms with E-state index in [1.165, 1.54) is 0 Å². The minimum absolute atomic E-state index is 0.416. The molecule has 304 valence electrons. The van der Waals surface area contributed by atoms with Crippen LogP contribution in [0, 0.1) is 0 Å². The summed E-state index contributed by atoms with van der Waals surface area (Å²) in [4.78, 5) is 0. The van der Waals surface area contributed by atoms with Crippen molar-refractivity contribution in [3.8, 4) is 56.3 Å². The van der Waals surface area contributed by atoms with Crippen LogP contribution in [0.5, 0.6) is 17.2 Å². The summed E-state index contributed by atoms with van der Waals surface area (Å²) in [6.45, 7) is -1.97. The van der Waals surface area contributed by atoms with Crippen LogP contribution >= 0.6 is 0 Å². The molecule has 0 spiro atoms. The maximum Gasteiger partial charge on any atom is 0.434 e. The Kier molecular flexibility index (Phi) is 3.66. The third kappa shape index (κ3) is 5.90. The number of hydrogen-bond acceptors (Lipinski definition) is 2. The summed E-state index contributed by atoms with van der Waals surface area (Å²) >= 11 is 0. The Balaban J connectivity index is 1.21. The Hall–Kier alpha value is -8.12. The average Bonchev–Trinajstić information content (AvgIpc) is 0.878. The molecule has 2 aliphatic heterocycles. The summed E-state index contributed by atoms with van der Waals surface area (Å²) in [5, 5.41) is -5.82. The van der Waals surface area contributed by atoms with Crippen LogP contribution in [0.25, 0.3) is 60.9 Å². The fourth-order valence-corrected chi connectivity index (χ4v) is 11.7. The smallest absolute Gasteiger partial charge is 0.434 e. The van der Waals surface area contributed by atoms with Gasteiger partial charge in [0.15, 0.2) is 8.07 Å². The van der Waals surface area contributed by atoms with Crippen molar-refractivity contribution in [3.05, 3.63) is 242 Å². The van der Waals surface area contributed by atoms with Crippen molar-refractivity contribution in [1.29, 1.82) is 0 Å². The normalized spacial score (nSPS) is 20.5. The highest BCUT2D eigenvalue weighted by Gasteiger charge is 2.43. The van der Waals surface area contributed by atoms with E-state index in [2.05, 4.69) is 0 Å². The number of fused-ring (bicyclic) bond motifs is 7. The lowest BCUT2D eigenvalue weighted by Crippen LogP contribution is -2.74. The van der Waals surface area contributed by atoms with Crippen LogP contribution in [0.4, 0.5) is 0 Å². The molecule has 0 bridgehead atoms. The number of hydrogen-bond donors (Lipinski definition) is 0. The van der Waals surface area contributed by atoms with Gasteiger partial charge in [-0.3, -0.25) is 0 Å². The van der Waals surface area contributed by atoms with Gasteiger partial charge in [0.2, 0.25) is 0 Å². The minimum Gasteiger partial charge on any atom is -0.551 e. The van der Waals surface area contributed by atoms with Gasteiger partial charge in [-0.1, -0.05) is 187 Å². The topological polar surface area (TPSA) is 23.4 Å². The molecule has 10 aromatic carbocycles. The summed E-state index contributed by atoms with van der Waals surface area (Å²) in [7, 11) is -6.58. The van der Waals surface area contributed by atoms with E-state index in [9.17, 15) is 23.3 Å². The molecule has 0 amide bonds. The van der Waals surface area contributed by atoms with Crippen LogP contribution in [0.1, 0.15) is 50.7 Å². The predicted octanol–water partition coefficient (Wildman–Crippen LogP) is 10.8. The first-order valence-corrected chi connectivity index (χ1v) is 21.3. The Bertz CT molecular complexity index is 5510. The zero-order valence-corrected chi connectivity index (χ0v) is 33.6. The zero-order valence-electron chi connectivity index (χ0n) is 69.6. The molecule has 0 saturated carbocycles. The highest BCUT2D eigenvalue weighted by molar-refractivity contribution is 7.19. The van der Waals surface area contributed by atoms with E-state index in [0.717, 1.165) is 22.8 Å². The van der Waals surface area contributed by atoms with Crippen molar-refractivity contribution in [2.75, 3.05) is 0 Å². The van der Waals surface area contributed by atoms with Gasteiger partial charge in [0.05, 0.1) is 61.8 Å². The molecule has 0 aliphatic carbocycles. The maximum atomic E-state index is 10.6. The standard InChI is InChI=1S/C60H40BNO2Si/c1-4-21-46(22-5-1)65(47-23-6-2-7-24-47,48-25-8-3-9-26-48)49-27-17-19-42(37-49)44-39-53-52-38-43(34-35-57(52)64-61-54-30-12-15-33-58(54)63-59(40-44)60(53)61)41-18-16-20-45(36-41)62-55-31-13-10-28-50(55)51-29-11-14-32-56(51)62/h1-40H/i1D,2D,3D,4D,5D,6D,7D,8D,9D,10D,11D,12D,13D,14D,15D,17D,19D,20D,21D,22D,23D,24D,25D,26D,27D,28D,29D,30D,31D,32D,33D,34D,35D,36D,37D,39D,40D. The Morgan fingerprint density at radius 1 is 0.431 bits per heavy atom. The molecule has 1 aromatic heterocycles. The van der Waals surface area contributed by atoms with Crippen LogP contribution in [0.3, 0.4) is 0 Å². The molecule has 0 unspecified atom stereocenters. The van der Waals surface area contributed by atoms with Crippen molar-refractivity contribution in [2.45, 2.75) is 0 Å². The van der Waals surface area contributed by atoms with Crippen LogP contribution in [0.15, 0.2) is 242 Å². The van der Waals surface area contributed by atoms with E-state index in [4.69, 9.17) is 36.8 Å². The summed E-state index contributed by atoms with van der Waals surface area (Å²) in [6.07, 6.45) is 0. The van der Waals surface area contributed by atoms with Crippen molar-refractivity contribution < 1.29 is 60.1 Å². The number of nitrogens with zero attached hydrogens (tertiary/aromatic N) is 1. The second kappa shape index (κ2) is 15.0. The molecule has 13 rings (SSSR count). The monoisotopic (exact) mass is 883 g/mol. The minimum atomic E-state index is -6.58. The van der Waals surface area contributed by atoms with E-state index in [-0.39, 0.29) is 0 Å². The van der Waals surface area contributed by atoms with Gasteiger partial charge >= 0.3 is 6.92 Å². The fraction of sp³-hybridized carbons (Fsp3) is 0. The molecule has 3 nitrogen and oxygen atoms in total. The average molecular weight is 883 g/mol. The van der Waals surface area contributed by atoms with Gasteiger partial charge in [0.25, 0.3) is 0 Å². The van der Waals surface area contributed by atoms with E-state index in [1.54, 1.807) is 0 Å². The van der Waals surface area contributed by atoms with Crippen LogP contribution in [-0.4, -0.2) is 19.6 Å². The Morgan fingerprint density at radius 2 is 1.05 bits per heavy atom. The molecule has 0 saturated heterocycles. The van der Waals surface area contributed by atoms with Crippen LogP contribution in [-0.2, 0) is 0 Å². The molecular weight excluding hydrogens is 806 g/mol. The number of ether oxygens (including phenoxy) is 1. The fourth-order valence-electron chi connectivity index (χ4n) is 8.16. The first-order chi connectivity index (χ1) is 47.6. The summed E-state index contributed by atoms with van der Waals surface area (Å²) in [5.74, 6) is -2.28. The van der Waals surface area contributed by atoms with Gasteiger partial charge in [-0.05, 0) is 103 Å². The lowest BCUT2D eigenvalue weighted by molar-refractivity contribution is 0.479. The third-order valence-electron chi connectivity index (χ3n) is 10.9. The van der Waals surface area contributed by atoms with Crippen molar-refractivity contribution >= 4 is 68.5 Å². The number of benzene rings is 10. The van der Waals surface area contributed by atoms with Gasteiger partial charge in [-0.15, -0.1) is 0 Å². The lowest BCUT2D eigenvalue weighted by atomic mass is 9.50. The van der Waals surface area contributed by atoms with Crippen molar-refractivity contribution in [1.82, 2.24) is 4.57 Å². The number of aromatic nitrogens is 1. The molecule has 0 fully saturated rings. The maximum absolute atomic E-state index is 10.6. The first kappa shape index (κ1) is 15.8. The third-order valence-corrected chi connectivity index (χ3v) is 14.9. The summed E-state index contributed by atoms with van der Waals surface area (Å²) in [6, 6.07) is -36.8. The Labute approximate surface area is 431 Å². The molecule has 11 aromatic rings. The Morgan fingerprint density at radius 3 is 1.74 bits per heavy atom. The highest BCUT2D eigenvalue weighted by atomic mass is 28.3. The van der Waals surface area contributed by atoms with Gasteiger partial charge in [-0.2, -0.15) is 0 Å². The van der Waals surface area contributed by atoms with E-state index < -0.39 is 348 Å². The zero-order chi connectivity index (χ0) is 75.1. The predicted molar refractivity (Wildman–Crippen MR) is 273 cm³/mol. The van der Waals surface area contributed by atoms with Gasteiger partial charge in [0, 0.05) is 32.9 Å². The van der Waals surface area contributed by atoms with E-state index in [0.29, 0.717) is 0 Å². The molecule has 0 atom stereocenters. The molecule has 0 N–H and O–H groups in total. The molecule has 3 heterocycles. The molecule has 5 heteroatoms. The summed E-state index contributed by atoms with van der Waals surface area (Å²) in [5.41, 5.74) is -6.87. The van der Waals surface area contributed by atoms with Gasteiger partial charge in [-0.25, -0.2) is 0 Å². The number of para-hydroxylation sites is 3. The van der Waals surface area contributed by atoms with Crippen molar-refractivity contribution in [2.24, 2.45) is 0 Å². The second-order valence-electron chi connectivity index (χ2n) is 14.3. The lowest BCUT2D eigenvalue weighted by Gasteiger charge is -2.35. The quantitative estimate of drug-likeness (QED) is 0.118. The largest absolute Gasteiger partial charge is 0.551 e. The van der Waals surface area contributed by atoms with Gasteiger partial charge < -0.3 is 14.0 Å². The van der Waals surface area contributed by atoms with Crippen molar-refractivity contribution in [3.63, 3.8) is 0 Å². The van der Waals surface area contributed by atoms with Crippen LogP contribution < -0.4 is 41.1 Å². The SMILES string of the molecule is [2H]c1ccc(-c2cc3c(c([2H])c2[2H])OB2c4c([2H])c([2H])c([2H])c([2H])c4Oc4c([2H])c(-c5c([2H])c([2H])c([2H])c([Si](c6c([2H])c([2H])c([2H])c([2H])c6[2H])(c6c([2H])c([2H])c([2H])c([2H])c6[2H])c6c([2H])c([2H])c([2H])c([2H])c6[2H])c5[2H])c([2H])c-3c42)c([2H])c1-n1c2c([2H])c([2H])c([2H])c([2H])c2c2c([2H])c([2H])c([2H])c([2H])c21. The van der Waals surface area contributed by atoms with Crippen LogP contribution in [0.2, 0.25) is 0 Å². The first-order valence-electron chi connectivity index (χ1n) is 37.8. The molecule has 0 radical (unpaired) electrons. The van der Waals surface area contributed by atoms with E-state index in [1.807, 2.05) is 0 Å². The van der Waals surface area contributed by atoms with E-state index >= 15 is 0 Å². The highest BCUT2D eigenvalue weighted by Crippen LogP contribution is 2.43. The number of rotatable bonds is 7. The second-order valence-corrected chi connectivity index (χ2v) is 17.8. The molecule has 65 heavy (non-hydrogen) atoms. The molecular formula is C60H40BNO2Si. The van der Waals surface area contributed by atoms with Gasteiger partial charge in [0.1, 0.15) is 17.2 Å². The summed E-state index contributed by atoms with van der Waals surface area (Å²) < 4.78 is 357. The molecule has 2 aliphatic rings.